The second-order valence-corrected chi connectivity index (χ2v) is 4.94. The maximum absolute atomic E-state index is 14.2. The van der Waals surface area contributed by atoms with Crippen molar-refractivity contribution in [1.82, 2.24) is 19.6 Å². The van der Waals surface area contributed by atoms with Gasteiger partial charge in [-0.2, -0.15) is 9.37 Å². The van der Waals surface area contributed by atoms with Gasteiger partial charge in [0.2, 0.25) is 0 Å². The Hall–Kier alpha value is -1.91. The molecule has 2 aromatic rings. The van der Waals surface area contributed by atoms with Crippen molar-refractivity contribution >= 4 is 11.5 Å². The molecule has 3 heterocycles. The molecule has 0 aliphatic carbocycles. The van der Waals surface area contributed by atoms with Crippen molar-refractivity contribution in [3.63, 3.8) is 0 Å². The molecule has 21 heavy (non-hydrogen) atoms. The quantitative estimate of drug-likeness (QED) is 0.690. The van der Waals surface area contributed by atoms with Crippen LogP contribution in [0.5, 0.6) is 0 Å². The fourth-order valence-electron chi connectivity index (χ4n) is 2.44. The van der Waals surface area contributed by atoms with E-state index in [1.165, 1.54) is 6.20 Å². The summed E-state index contributed by atoms with van der Waals surface area (Å²) in [7, 11) is 0. The van der Waals surface area contributed by atoms with Gasteiger partial charge in [0.05, 0.1) is 25.1 Å². The number of anilines is 1. The lowest BCUT2D eigenvalue weighted by atomic mass is 10.0. The number of rotatable bonds is 3. The fraction of sp³-hybridized carbons (Fsp3) is 0.545. The normalized spacial score (nSPS) is 24.8. The molecule has 0 bridgehead atoms. The number of aromatic nitrogens is 4. The van der Waals surface area contributed by atoms with E-state index in [-0.39, 0.29) is 23.6 Å². The fourth-order valence-corrected chi connectivity index (χ4v) is 2.44. The van der Waals surface area contributed by atoms with Crippen molar-refractivity contribution in [2.45, 2.75) is 24.3 Å². The van der Waals surface area contributed by atoms with Crippen LogP contribution in [0, 0.1) is 6.08 Å². The first-order valence-electron chi connectivity index (χ1n) is 6.20. The van der Waals surface area contributed by atoms with E-state index in [1.54, 1.807) is 0 Å². The molecule has 2 aromatic heterocycles. The third-order valence-corrected chi connectivity index (χ3v) is 3.53. The first-order valence-corrected chi connectivity index (χ1v) is 6.20. The van der Waals surface area contributed by atoms with Gasteiger partial charge in [-0.25, -0.2) is 13.9 Å². The topological polar surface area (TPSA) is 119 Å². The summed E-state index contributed by atoms with van der Waals surface area (Å²) in [6.07, 6.45) is -2.68. The van der Waals surface area contributed by atoms with E-state index >= 15 is 0 Å². The number of aliphatic hydroxyl groups is 2. The number of hydrogen-bond donors (Lipinski definition) is 3. The maximum Gasteiger partial charge on any atom is 0.328 e. The third-order valence-electron chi connectivity index (χ3n) is 3.53. The number of aliphatic hydroxyl groups excluding tert-OH is 2. The molecule has 1 fully saturated rings. The highest BCUT2D eigenvalue weighted by molar-refractivity contribution is 5.59. The Kier molecular flexibility index (Phi) is 3.23. The molecule has 1 aliphatic heterocycles. The summed E-state index contributed by atoms with van der Waals surface area (Å²) in [5.74, 6) is -0.183. The Morgan fingerprint density at radius 1 is 1.48 bits per heavy atom. The molecular formula is C11H13F2N5O3. The molecule has 3 rings (SSSR count). The Bertz CT molecular complexity index is 675. The average molecular weight is 301 g/mol. The minimum Gasteiger partial charge on any atom is -0.393 e. The number of imidazole rings is 1. The van der Waals surface area contributed by atoms with E-state index < -0.39 is 37.2 Å². The van der Waals surface area contributed by atoms with Gasteiger partial charge in [-0.3, -0.25) is 0 Å². The lowest BCUT2D eigenvalue weighted by Crippen LogP contribution is -2.37. The SMILES string of the molecule is Nc1nc(F)nn2c([C@@H]3OC(CO)(CO)C[C@H]3F)cnc12. The van der Waals surface area contributed by atoms with Crippen molar-refractivity contribution in [3.05, 3.63) is 18.0 Å². The summed E-state index contributed by atoms with van der Waals surface area (Å²) in [6.45, 7) is -1.08. The molecule has 2 atom stereocenters. The van der Waals surface area contributed by atoms with Crippen LogP contribution < -0.4 is 5.73 Å². The van der Waals surface area contributed by atoms with Crippen LogP contribution in [0.4, 0.5) is 14.6 Å². The maximum atomic E-state index is 14.2. The van der Waals surface area contributed by atoms with E-state index in [4.69, 9.17) is 10.5 Å². The monoisotopic (exact) mass is 301 g/mol. The van der Waals surface area contributed by atoms with E-state index in [9.17, 15) is 19.0 Å². The molecule has 8 nitrogen and oxygen atoms in total. The number of halogens is 2. The lowest BCUT2D eigenvalue weighted by molar-refractivity contribution is -0.105. The van der Waals surface area contributed by atoms with Crippen molar-refractivity contribution < 1.29 is 23.7 Å². The minimum atomic E-state index is -1.51. The summed E-state index contributed by atoms with van der Waals surface area (Å²) >= 11 is 0. The van der Waals surface area contributed by atoms with E-state index in [0.29, 0.717) is 0 Å². The molecular weight excluding hydrogens is 288 g/mol. The molecule has 4 N–H and O–H groups in total. The van der Waals surface area contributed by atoms with Gasteiger partial charge in [0.1, 0.15) is 17.9 Å². The molecule has 114 valence electrons. The van der Waals surface area contributed by atoms with Gasteiger partial charge in [-0.15, -0.1) is 5.10 Å². The zero-order valence-electron chi connectivity index (χ0n) is 10.8. The molecule has 0 aromatic carbocycles. The van der Waals surface area contributed by atoms with Gasteiger partial charge in [-0.05, 0) is 0 Å². The van der Waals surface area contributed by atoms with Crippen LogP contribution in [-0.2, 0) is 4.74 Å². The Balaban J connectivity index is 2.05. The van der Waals surface area contributed by atoms with E-state index in [2.05, 4.69) is 15.1 Å². The molecule has 10 heteroatoms. The summed E-state index contributed by atoms with van der Waals surface area (Å²) in [6, 6.07) is 0. The molecule has 0 radical (unpaired) electrons. The third kappa shape index (κ3) is 2.11. The number of ether oxygens (including phenoxy) is 1. The highest BCUT2D eigenvalue weighted by Crippen LogP contribution is 2.41. The van der Waals surface area contributed by atoms with E-state index in [0.717, 1.165) is 4.52 Å². The van der Waals surface area contributed by atoms with E-state index in [1.807, 2.05) is 0 Å². The van der Waals surface area contributed by atoms with Crippen molar-refractivity contribution in [3.8, 4) is 0 Å². The second-order valence-electron chi connectivity index (χ2n) is 4.94. The van der Waals surface area contributed by atoms with Gasteiger partial charge in [-0.1, -0.05) is 0 Å². The average Bonchev–Trinajstić information content (AvgIpc) is 3.00. The van der Waals surface area contributed by atoms with Crippen LogP contribution in [0.1, 0.15) is 18.2 Å². The summed E-state index contributed by atoms with van der Waals surface area (Å²) in [4.78, 5) is 7.24. The highest BCUT2D eigenvalue weighted by Gasteiger charge is 2.48. The van der Waals surface area contributed by atoms with Gasteiger partial charge in [0.25, 0.3) is 0 Å². The van der Waals surface area contributed by atoms with Crippen LogP contribution in [0.2, 0.25) is 0 Å². The van der Waals surface area contributed by atoms with Crippen LogP contribution in [-0.4, -0.2) is 54.8 Å². The smallest absolute Gasteiger partial charge is 0.328 e. The lowest BCUT2D eigenvalue weighted by Gasteiger charge is -2.23. The second kappa shape index (κ2) is 4.83. The largest absolute Gasteiger partial charge is 0.393 e. The predicted molar refractivity (Wildman–Crippen MR) is 65.4 cm³/mol. The molecule has 0 amide bonds. The summed E-state index contributed by atoms with van der Waals surface area (Å²) < 4.78 is 33.9. The minimum absolute atomic E-state index is 0.0766. The number of fused-ring (bicyclic) bond motifs is 1. The molecule has 1 aliphatic rings. The first-order chi connectivity index (χ1) is 9.99. The van der Waals surface area contributed by atoms with Crippen LogP contribution >= 0.6 is 0 Å². The van der Waals surface area contributed by atoms with Crippen LogP contribution in [0.15, 0.2) is 6.20 Å². The van der Waals surface area contributed by atoms with Crippen LogP contribution in [0.3, 0.4) is 0 Å². The first kappa shape index (κ1) is 14.0. The van der Waals surface area contributed by atoms with Crippen LogP contribution in [0.25, 0.3) is 5.65 Å². The number of nitrogen functional groups attached to an aromatic ring is 1. The molecule has 0 saturated carbocycles. The summed E-state index contributed by atoms with van der Waals surface area (Å²) in [5, 5.41) is 22.0. The van der Waals surface area contributed by atoms with Gasteiger partial charge < -0.3 is 20.7 Å². The number of nitrogens with two attached hydrogens (primary N) is 1. The Labute approximate surface area is 117 Å². The number of nitrogens with zero attached hydrogens (tertiary/aromatic N) is 4. The summed E-state index contributed by atoms with van der Waals surface area (Å²) in [5.41, 5.74) is 4.35. The molecule has 0 unspecified atom stereocenters. The molecule has 0 spiro atoms. The highest BCUT2D eigenvalue weighted by atomic mass is 19.1. The zero-order chi connectivity index (χ0) is 15.2. The van der Waals surface area contributed by atoms with Crippen molar-refractivity contribution in [2.24, 2.45) is 0 Å². The van der Waals surface area contributed by atoms with Gasteiger partial charge >= 0.3 is 6.08 Å². The van der Waals surface area contributed by atoms with Gasteiger partial charge in [0, 0.05) is 6.42 Å². The Morgan fingerprint density at radius 3 is 2.81 bits per heavy atom. The number of hydrogen-bond acceptors (Lipinski definition) is 7. The van der Waals surface area contributed by atoms with Crippen molar-refractivity contribution in [1.29, 1.82) is 0 Å². The number of alkyl halides is 1. The standard InChI is InChI=1S/C11H13F2N5O3/c12-5-1-11(3-19,4-20)21-7(5)6-2-15-9-8(14)16-10(13)17-18(6)9/h2,5,7,19-20H,1,3-4H2,(H2,14,16,17)/t5-,7-/m1/s1. The van der Waals surface area contributed by atoms with Gasteiger partial charge in [0.15, 0.2) is 11.5 Å². The zero-order valence-corrected chi connectivity index (χ0v) is 10.8. The van der Waals surface area contributed by atoms with Crippen molar-refractivity contribution in [2.75, 3.05) is 18.9 Å². The predicted octanol–water partition coefficient (Wildman–Crippen LogP) is -0.632. The Morgan fingerprint density at radius 2 is 2.19 bits per heavy atom. The molecule has 1 saturated heterocycles.